The Morgan fingerprint density at radius 1 is 1.13 bits per heavy atom. The maximum absolute atomic E-state index is 13.2. The zero-order valence-corrected chi connectivity index (χ0v) is 17.7. The summed E-state index contributed by atoms with van der Waals surface area (Å²) >= 11 is 0. The van der Waals surface area contributed by atoms with E-state index in [0.29, 0.717) is 29.5 Å². The smallest absolute Gasteiger partial charge is 0.201 e. The summed E-state index contributed by atoms with van der Waals surface area (Å²) in [5, 5.41) is 31.2. The Morgan fingerprint density at radius 3 is 2.48 bits per heavy atom. The molecule has 1 heterocycles. The number of aryl methyl sites for hydroxylation is 1. The van der Waals surface area contributed by atoms with Crippen LogP contribution < -0.4 is 4.74 Å². The molecule has 2 aromatic rings. The minimum atomic E-state index is -0.765. The van der Waals surface area contributed by atoms with Gasteiger partial charge in [0.05, 0.1) is 22.8 Å². The molecule has 0 bridgehead atoms. The van der Waals surface area contributed by atoms with E-state index < -0.39 is 23.3 Å². The monoisotopic (exact) mass is 420 g/mol. The number of hydrogen-bond donors (Lipinski definition) is 3. The maximum Gasteiger partial charge on any atom is 0.201 e. The van der Waals surface area contributed by atoms with Crippen molar-refractivity contribution in [3.63, 3.8) is 0 Å². The van der Waals surface area contributed by atoms with E-state index in [1.165, 1.54) is 12.1 Å². The van der Waals surface area contributed by atoms with E-state index in [0.717, 1.165) is 0 Å². The van der Waals surface area contributed by atoms with Crippen LogP contribution in [-0.4, -0.2) is 38.6 Å². The molecule has 4 rings (SSSR count). The van der Waals surface area contributed by atoms with E-state index in [1.807, 2.05) is 6.92 Å². The van der Waals surface area contributed by atoms with Crippen LogP contribution in [-0.2, 0) is 0 Å². The number of ketones is 2. The van der Waals surface area contributed by atoms with Gasteiger partial charge in [0.25, 0.3) is 0 Å². The van der Waals surface area contributed by atoms with Gasteiger partial charge in [0.15, 0.2) is 5.78 Å². The molecule has 160 valence electrons. The number of phenolic OH excluding ortho intramolecular Hbond substituents is 2. The van der Waals surface area contributed by atoms with E-state index in [-0.39, 0.29) is 39.5 Å². The van der Waals surface area contributed by atoms with Crippen molar-refractivity contribution in [3.8, 4) is 17.2 Å². The molecule has 2 atom stereocenters. The van der Waals surface area contributed by atoms with Crippen molar-refractivity contribution in [2.75, 3.05) is 0 Å². The summed E-state index contributed by atoms with van der Waals surface area (Å²) < 4.78 is 6.11. The molecule has 0 fully saturated rings. The van der Waals surface area contributed by atoms with Gasteiger partial charge in [0.1, 0.15) is 22.8 Å². The van der Waals surface area contributed by atoms with Crippen molar-refractivity contribution >= 4 is 17.6 Å². The molecule has 0 radical (unpaired) electrons. The lowest BCUT2D eigenvalue weighted by atomic mass is 9.80. The van der Waals surface area contributed by atoms with Crippen LogP contribution in [0, 0.1) is 6.92 Å². The summed E-state index contributed by atoms with van der Waals surface area (Å²) in [6, 6.07) is 4.45. The fourth-order valence-corrected chi connectivity index (χ4v) is 4.12. The molecular formula is C25H24O6. The highest BCUT2D eigenvalue weighted by molar-refractivity contribution is 6.30. The number of fused-ring (bicyclic) bond motifs is 3. The van der Waals surface area contributed by atoms with Gasteiger partial charge in [-0.2, -0.15) is 0 Å². The van der Waals surface area contributed by atoms with E-state index in [9.17, 15) is 24.9 Å². The number of phenols is 2. The first-order valence-corrected chi connectivity index (χ1v) is 10.1. The molecule has 6 heteroatoms. The molecule has 0 spiro atoms. The molecule has 0 saturated carbocycles. The Hall–Kier alpha value is -3.38. The molecule has 1 aliphatic carbocycles. The summed E-state index contributed by atoms with van der Waals surface area (Å²) in [5.41, 5.74) is 0.753. The van der Waals surface area contributed by atoms with Crippen molar-refractivity contribution in [2.24, 2.45) is 0 Å². The Balaban J connectivity index is 1.77. The van der Waals surface area contributed by atoms with Gasteiger partial charge in [-0.1, -0.05) is 12.2 Å². The van der Waals surface area contributed by atoms with Crippen molar-refractivity contribution in [2.45, 2.75) is 45.3 Å². The fraction of sp³-hybridized carbons (Fsp3) is 0.280. The molecule has 0 saturated heterocycles. The second-order valence-corrected chi connectivity index (χ2v) is 8.57. The number of aromatic hydroxyl groups is 2. The summed E-state index contributed by atoms with van der Waals surface area (Å²) in [6.07, 6.45) is 3.68. The van der Waals surface area contributed by atoms with Crippen molar-refractivity contribution in [1.82, 2.24) is 0 Å². The molecule has 2 aliphatic rings. The van der Waals surface area contributed by atoms with Gasteiger partial charge in [-0.3, -0.25) is 9.59 Å². The van der Waals surface area contributed by atoms with E-state index >= 15 is 0 Å². The summed E-state index contributed by atoms with van der Waals surface area (Å²) in [6.45, 7) is 9.07. The van der Waals surface area contributed by atoms with Crippen LogP contribution in [0.3, 0.4) is 0 Å². The quantitative estimate of drug-likeness (QED) is 0.550. The zero-order valence-electron chi connectivity index (χ0n) is 17.7. The first kappa shape index (κ1) is 20.9. The van der Waals surface area contributed by atoms with Crippen molar-refractivity contribution in [3.05, 3.63) is 69.8 Å². The van der Waals surface area contributed by atoms with Crippen LogP contribution >= 0.6 is 0 Å². The van der Waals surface area contributed by atoms with Gasteiger partial charge in [-0.25, -0.2) is 0 Å². The largest absolute Gasteiger partial charge is 0.507 e. The number of carbonyl (C=O) groups excluding carboxylic acids is 2. The van der Waals surface area contributed by atoms with Crippen LogP contribution in [0.4, 0.5) is 0 Å². The third kappa shape index (κ3) is 3.33. The minimum Gasteiger partial charge on any atom is -0.507 e. The number of aliphatic hydroxyl groups excluding tert-OH is 1. The number of aliphatic hydroxyl groups is 1. The van der Waals surface area contributed by atoms with Crippen molar-refractivity contribution in [1.29, 1.82) is 0 Å². The lowest BCUT2D eigenvalue weighted by Crippen LogP contribution is -2.33. The number of rotatable bonds is 4. The van der Waals surface area contributed by atoms with Crippen LogP contribution in [0.2, 0.25) is 0 Å². The fourth-order valence-electron chi connectivity index (χ4n) is 4.12. The van der Waals surface area contributed by atoms with Gasteiger partial charge in [-0.15, -0.1) is 0 Å². The van der Waals surface area contributed by atoms with Gasteiger partial charge in [0, 0.05) is 11.1 Å². The van der Waals surface area contributed by atoms with E-state index in [4.69, 9.17) is 4.74 Å². The molecule has 2 unspecified atom stereocenters. The third-order valence-electron chi connectivity index (χ3n) is 5.94. The van der Waals surface area contributed by atoms with Gasteiger partial charge in [0.2, 0.25) is 5.78 Å². The summed E-state index contributed by atoms with van der Waals surface area (Å²) in [4.78, 5) is 26.2. The lowest BCUT2D eigenvalue weighted by molar-refractivity contribution is 0.0959. The van der Waals surface area contributed by atoms with Crippen molar-refractivity contribution < 1.29 is 29.6 Å². The molecule has 2 aromatic carbocycles. The normalized spacial score (nSPS) is 19.9. The topological polar surface area (TPSA) is 104 Å². The van der Waals surface area contributed by atoms with Crippen LogP contribution in [0.5, 0.6) is 17.2 Å². The van der Waals surface area contributed by atoms with Crippen LogP contribution in [0.25, 0.3) is 6.08 Å². The first-order valence-electron chi connectivity index (χ1n) is 10.1. The maximum atomic E-state index is 13.2. The average molecular weight is 420 g/mol. The van der Waals surface area contributed by atoms with E-state index in [2.05, 4.69) is 6.58 Å². The zero-order chi connectivity index (χ0) is 22.7. The number of benzene rings is 2. The lowest BCUT2D eigenvalue weighted by Gasteiger charge is -2.33. The first-order chi connectivity index (χ1) is 14.5. The molecular weight excluding hydrogens is 396 g/mol. The molecule has 0 amide bonds. The van der Waals surface area contributed by atoms with Crippen LogP contribution in [0.1, 0.15) is 69.7 Å². The van der Waals surface area contributed by atoms with Gasteiger partial charge < -0.3 is 20.1 Å². The Bertz CT molecular complexity index is 1190. The second kappa shape index (κ2) is 7.10. The highest BCUT2D eigenvalue weighted by Gasteiger charge is 2.38. The average Bonchev–Trinajstić information content (AvgIpc) is 2.69. The number of hydrogen-bond acceptors (Lipinski definition) is 6. The minimum absolute atomic E-state index is 0.0402. The Labute approximate surface area is 180 Å². The predicted molar refractivity (Wildman–Crippen MR) is 116 cm³/mol. The second-order valence-electron chi connectivity index (χ2n) is 8.57. The Kier molecular flexibility index (Phi) is 4.78. The summed E-state index contributed by atoms with van der Waals surface area (Å²) in [5.74, 6) is -1.41. The van der Waals surface area contributed by atoms with Gasteiger partial charge >= 0.3 is 0 Å². The Morgan fingerprint density at radius 2 is 1.81 bits per heavy atom. The summed E-state index contributed by atoms with van der Waals surface area (Å²) in [7, 11) is 0. The third-order valence-corrected chi connectivity index (χ3v) is 5.94. The highest BCUT2D eigenvalue weighted by atomic mass is 16.5. The predicted octanol–water partition coefficient (Wildman–Crippen LogP) is 4.06. The molecule has 3 N–H and O–H groups in total. The highest BCUT2D eigenvalue weighted by Crippen LogP contribution is 2.45. The molecule has 0 aromatic heterocycles. The molecule has 31 heavy (non-hydrogen) atoms. The van der Waals surface area contributed by atoms with E-state index in [1.54, 1.807) is 32.1 Å². The number of carbonyl (C=O) groups is 2. The number of ether oxygens (including phenoxy) is 1. The standard InChI is InChI=1S/C25H24O6/c1-12(2)17(26)6-8-25(4)7-5-14-19(31-25)11-16-21(23(14)29)24(30)20-15(22(16)28)9-13(3)10-18(20)27/h5,7,9-11,17,26-27,29H,1,6,8H2,2-4H3. The van der Waals surface area contributed by atoms with Gasteiger partial charge in [-0.05, 0) is 69.5 Å². The molecule has 6 nitrogen and oxygen atoms in total. The van der Waals surface area contributed by atoms with Crippen LogP contribution in [0.15, 0.2) is 36.4 Å². The molecule has 1 aliphatic heterocycles. The SMILES string of the molecule is C=C(C)C(O)CCC1(C)C=Cc2c(cc3c(c2O)C(=O)c2c(O)cc(C)cc2C3=O)O1.